The summed E-state index contributed by atoms with van der Waals surface area (Å²) in [6.07, 6.45) is 15.7. The topological polar surface area (TPSA) is 149 Å². The molecule has 2 unspecified atom stereocenters. The monoisotopic (exact) mass is 729 g/mol. The molecule has 13 heteroatoms. The van der Waals surface area contributed by atoms with Crippen molar-refractivity contribution in [2.24, 2.45) is 34.0 Å². The number of carbonyl (C=O) groups is 4. The fraction of sp³-hybridized carbons (Fsp3) is 0.600. The predicted molar refractivity (Wildman–Crippen MR) is 199 cm³/mol. The maximum absolute atomic E-state index is 14.3. The van der Waals surface area contributed by atoms with E-state index in [1.807, 2.05) is 47.4 Å². The molecule has 1 aromatic carbocycles. The van der Waals surface area contributed by atoms with Gasteiger partial charge in [0.15, 0.2) is 0 Å². The summed E-state index contributed by atoms with van der Waals surface area (Å²) in [5.41, 5.74) is 1.05. The lowest BCUT2D eigenvalue weighted by molar-refractivity contribution is -0.142. The molecule has 3 heterocycles. The van der Waals surface area contributed by atoms with Crippen LogP contribution in [0.4, 0.5) is 14.9 Å². The molecule has 2 aromatic rings. The van der Waals surface area contributed by atoms with Crippen molar-refractivity contribution in [2.45, 2.75) is 115 Å². The molecule has 0 spiro atoms. The van der Waals surface area contributed by atoms with Gasteiger partial charge in [-0.05, 0) is 94.9 Å². The third-order valence-electron chi connectivity index (χ3n) is 11.8. The van der Waals surface area contributed by atoms with Crippen molar-refractivity contribution in [3.8, 4) is 0 Å². The highest BCUT2D eigenvalue weighted by Crippen LogP contribution is 2.41. The summed E-state index contributed by atoms with van der Waals surface area (Å²) < 4.78 is 19.4. The number of hydrogen-bond donors (Lipinski definition) is 3. The molecule has 2 aliphatic heterocycles. The summed E-state index contributed by atoms with van der Waals surface area (Å²) in [5, 5.41) is 16.3. The van der Waals surface area contributed by atoms with E-state index in [4.69, 9.17) is 4.74 Å². The van der Waals surface area contributed by atoms with Crippen molar-refractivity contribution in [3.63, 3.8) is 0 Å². The van der Waals surface area contributed by atoms with Gasteiger partial charge < -0.3 is 25.3 Å². The molecule has 284 valence electrons. The number of fused-ring (bicyclic) bond motifs is 2. The van der Waals surface area contributed by atoms with Crippen LogP contribution in [-0.4, -0.2) is 81.7 Å². The molecule has 0 bridgehead atoms. The number of ether oxygens (including phenoxy) is 1. The zero-order chi connectivity index (χ0) is 37.3. The number of halogens is 1. The Morgan fingerprint density at radius 2 is 1.74 bits per heavy atom. The molecule has 3 aliphatic carbocycles. The van der Waals surface area contributed by atoms with Gasteiger partial charge in [-0.15, -0.1) is 0 Å². The van der Waals surface area contributed by atoms with Crippen molar-refractivity contribution < 1.29 is 28.3 Å². The van der Waals surface area contributed by atoms with E-state index in [-0.39, 0.29) is 47.6 Å². The maximum atomic E-state index is 14.3. The quantitative estimate of drug-likeness (QED) is 0.262. The number of likely N-dealkylation sites (tertiary alicyclic amines) is 1. The average molecular weight is 730 g/mol. The van der Waals surface area contributed by atoms with E-state index in [9.17, 15) is 23.6 Å². The van der Waals surface area contributed by atoms with E-state index in [1.54, 1.807) is 26.8 Å². The number of benzene rings is 1. The predicted octanol–water partition coefficient (Wildman–Crippen LogP) is 7.26. The minimum absolute atomic E-state index is 0.00680. The van der Waals surface area contributed by atoms with Gasteiger partial charge in [0.2, 0.25) is 11.8 Å². The van der Waals surface area contributed by atoms with Crippen LogP contribution in [0.2, 0.25) is 0 Å². The molecular weight excluding hydrogens is 677 g/mol. The zero-order valence-corrected chi connectivity index (χ0v) is 30.9. The van der Waals surface area contributed by atoms with E-state index in [2.05, 4.69) is 26.0 Å². The summed E-state index contributed by atoms with van der Waals surface area (Å²) >= 11 is 0. The Morgan fingerprint density at radius 1 is 0.981 bits per heavy atom. The van der Waals surface area contributed by atoms with Crippen LogP contribution in [0.25, 0.3) is 10.9 Å². The number of hydrogen-bond acceptors (Lipinski definition) is 7. The molecule has 1 aromatic heterocycles. The Bertz CT molecular complexity index is 1780. The first kappa shape index (κ1) is 36.8. The van der Waals surface area contributed by atoms with Gasteiger partial charge in [0.05, 0.1) is 6.04 Å². The number of anilines is 1. The van der Waals surface area contributed by atoms with Crippen LogP contribution in [0.15, 0.2) is 58.9 Å². The summed E-state index contributed by atoms with van der Waals surface area (Å²) in [7, 11) is 0. The van der Waals surface area contributed by atoms with Crippen LogP contribution >= 0.6 is 0 Å². The number of alkyl carbamates (subject to hydrolysis) is 1. The Hall–Kier alpha value is -4.55. The number of aromatic amines is 1. The van der Waals surface area contributed by atoms with E-state index in [0.29, 0.717) is 49.5 Å². The number of allylic oxidation sites excluding steroid dienone is 2. The molecule has 7 rings (SSSR count). The van der Waals surface area contributed by atoms with E-state index in [1.165, 1.54) is 11.4 Å². The summed E-state index contributed by atoms with van der Waals surface area (Å²) in [6.45, 7) is 5.14. The second kappa shape index (κ2) is 15.4. The van der Waals surface area contributed by atoms with Gasteiger partial charge in [0.25, 0.3) is 5.91 Å². The third kappa shape index (κ3) is 8.03. The molecular formula is C40H52FN7O5. The minimum atomic E-state index is -0.701. The number of H-pyrrole nitrogens is 1. The molecule has 53 heavy (non-hydrogen) atoms. The first-order valence-electron chi connectivity index (χ1n) is 19.4. The van der Waals surface area contributed by atoms with Crippen molar-refractivity contribution >= 4 is 40.4 Å². The molecule has 5 atom stereocenters. The van der Waals surface area contributed by atoms with Gasteiger partial charge in [-0.3, -0.25) is 14.4 Å². The molecule has 3 N–H and O–H groups in total. The number of rotatable bonds is 8. The fourth-order valence-electron chi connectivity index (χ4n) is 9.13. The molecule has 5 aliphatic rings. The number of alkyl halides is 1. The van der Waals surface area contributed by atoms with Crippen LogP contribution in [0.1, 0.15) is 95.5 Å². The molecule has 1 saturated heterocycles. The van der Waals surface area contributed by atoms with Crippen LogP contribution in [0, 0.1) is 23.7 Å². The van der Waals surface area contributed by atoms with Crippen LogP contribution in [0.5, 0.6) is 0 Å². The van der Waals surface area contributed by atoms with Crippen molar-refractivity contribution in [3.05, 3.63) is 54.3 Å². The Labute approximate surface area is 310 Å². The summed E-state index contributed by atoms with van der Waals surface area (Å²) in [4.78, 5) is 59.3. The van der Waals surface area contributed by atoms with Gasteiger partial charge in [-0.2, -0.15) is 5.11 Å². The Balaban J connectivity index is 1.03. The van der Waals surface area contributed by atoms with Gasteiger partial charge in [-0.1, -0.05) is 61.6 Å². The number of carbonyl (C=O) groups excluding carboxylic acids is 4. The molecule has 12 nitrogen and oxygen atoms in total. The zero-order valence-electron chi connectivity index (χ0n) is 30.9. The van der Waals surface area contributed by atoms with Crippen LogP contribution in [0.3, 0.4) is 0 Å². The largest absolute Gasteiger partial charge is 0.444 e. The number of nitrogens with zero attached hydrogens (tertiary/aromatic N) is 4. The molecule has 2 saturated carbocycles. The fourth-order valence-corrected chi connectivity index (χ4v) is 9.13. The van der Waals surface area contributed by atoms with Gasteiger partial charge in [0, 0.05) is 29.1 Å². The van der Waals surface area contributed by atoms with E-state index >= 15 is 0 Å². The number of nitrogens with one attached hydrogen (secondary N) is 3. The van der Waals surface area contributed by atoms with Crippen LogP contribution in [-0.2, 0) is 14.3 Å². The Morgan fingerprint density at radius 3 is 2.47 bits per heavy atom. The van der Waals surface area contributed by atoms with Gasteiger partial charge in [-0.25, -0.2) is 14.2 Å². The van der Waals surface area contributed by atoms with Gasteiger partial charge in [0.1, 0.15) is 36.1 Å². The van der Waals surface area contributed by atoms with Crippen molar-refractivity contribution in [1.29, 1.82) is 0 Å². The Kier molecular flexibility index (Phi) is 10.7. The highest BCUT2D eigenvalue weighted by molar-refractivity contribution is 6.02. The van der Waals surface area contributed by atoms with Crippen molar-refractivity contribution in [1.82, 2.24) is 20.2 Å². The lowest BCUT2D eigenvalue weighted by atomic mass is 9.76. The first-order chi connectivity index (χ1) is 25.5. The number of aromatic nitrogens is 1. The minimum Gasteiger partial charge on any atom is -0.444 e. The standard InChI is InChI=1S/C40H52FN7O5/c1-40(2,3)53-39(52)44-33(23-41)25-13-15-26(16-14-25)37(50)47-20-19-29(24-9-5-4-6-10-24)35(47)36(49)42-28-17-18-30-27(21-28)22-32(43-30)38(51)48-34-12-8-7-11-31(34)45-46-48/h7-8,11-12,17-18,21-22,24-26,29,31,33-35,43H,4-6,9-10,13-16,19-20,23H2,1-3H3,(H,42,49)(H,44,52)/t25?,26?,29-,31?,33+,34?,35-/m0/s1. The second-order valence-electron chi connectivity index (χ2n) is 16.4. The second-order valence-corrected chi connectivity index (χ2v) is 16.4. The first-order valence-corrected chi connectivity index (χ1v) is 19.4. The SMILES string of the molecule is CC(C)(C)OC(=O)N[C@H](CF)C1CCC(C(=O)N2CC[C@@H](C3CCCCC3)[C@H]2C(=O)Nc2ccc3[nH]c(C(=O)N4N=NC5C=CC=CC54)cc3c2)CC1. The van der Waals surface area contributed by atoms with Crippen LogP contribution < -0.4 is 10.6 Å². The number of amides is 4. The highest BCUT2D eigenvalue weighted by atomic mass is 19.1. The van der Waals surface area contributed by atoms with Crippen molar-refractivity contribution in [2.75, 3.05) is 18.5 Å². The lowest BCUT2D eigenvalue weighted by Crippen LogP contribution is -2.50. The smallest absolute Gasteiger partial charge is 0.407 e. The van der Waals surface area contributed by atoms with Gasteiger partial charge >= 0.3 is 6.09 Å². The van der Waals surface area contributed by atoms with E-state index in [0.717, 1.165) is 43.0 Å². The third-order valence-corrected chi connectivity index (χ3v) is 11.8. The summed E-state index contributed by atoms with van der Waals surface area (Å²) in [5.74, 6) is -0.375. The lowest BCUT2D eigenvalue weighted by Gasteiger charge is -2.37. The maximum Gasteiger partial charge on any atom is 0.407 e. The highest BCUT2D eigenvalue weighted by Gasteiger charge is 2.47. The summed E-state index contributed by atoms with van der Waals surface area (Å²) in [6, 6.07) is 5.58. The molecule has 0 radical (unpaired) electrons. The average Bonchev–Trinajstić information content (AvgIpc) is 3.90. The molecule has 3 fully saturated rings. The molecule has 4 amide bonds. The normalized spacial score (nSPS) is 27.8. The van der Waals surface area contributed by atoms with E-state index < -0.39 is 30.5 Å².